The lowest BCUT2D eigenvalue weighted by atomic mass is 10.2. The van der Waals surface area contributed by atoms with Crippen molar-refractivity contribution in [3.8, 4) is 5.75 Å². The van der Waals surface area contributed by atoms with Crippen LogP contribution in [0.5, 0.6) is 5.75 Å². The van der Waals surface area contributed by atoms with Gasteiger partial charge in [0.15, 0.2) is 0 Å². The summed E-state index contributed by atoms with van der Waals surface area (Å²) in [7, 11) is 0. The smallest absolute Gasteiger partial charge is 0.436 e. The molecule has 0 saturated carbocycles. The van der Waals surface area contributed by atoms with Gasteiger partial charge in [-0.05, 0) is 0 Å². The minimum Gasteiger partial charge on any atom is -0.436 e. The monoisotopic (exact) mass is 376 g/mol. The maximum Gasteiger partial charge on any atom is 0.480 e. The maximum atomic E-state index is 13.7. The number of ether oxygens (including phenoxy) is 2. The van der Waals surface area contributed by atoms with Crippen molar-refractivity contribution < 1.29 is 57.8 Å². The van der Waals surface area contributed by atoms with Crippen LogP contribution in [0.2, 0.25) is 0 Å². The van der Waals surface area contributed by atoms with Gasteiger partial charge in [-0.2, -0.15) is 35.1 Å². The Kier molecular flexibility index (Phi) is 4.97. The van der Waals surface area contributed by atoms with Gasteiger partial charge in [-0.15, -0.1) is 0 Å². The highest BCUT2D eigenvalue weighted by Gasteiger charge is 2.77. The van der Waals surface area contributed by atoms with Crippen LogP contribution in [0.3, 0.4) is 0 Å². The Labute approximate surface area is 125 Å². The molecular formula is C11H3F11O2. The second-order valence-corrected chi connectivity index (χ2v) is 3.90. The van der Waals surface area contributed by atoms with E-state index in [1.54, 1.807) is 0 Å². The highest BCUT2D eigenvalue weighted by molar-refractivity contribution is 5.30. The van der Waals surface area contributed by atoms with Crippen LogP contribution in [0.1, 0.15) is 0 Å². The topological polar surface area (TPSA) is 18.5 Å². The summed E-state index contributed by atoms with van der Waals surface area (Å²) in [5.74, 6) is -24.0. The molecule has 0 aromatic heterocycles. The molecular weight excluding hydrogens is 373 g/mol. The third-order valence-electron chi connectivity index (χ3n) is 2.38. The van der Waals surface area contributed by atoms with Gasteiger partial charge in [0.05, 0.1) is 6.26 Å². The van der Waals surface area contributed by atoms with Crippen LogP contribution in [0.25, 0.3) is 0 Å². The molecule has 13 heteroatoms. The number of hydrogen-bond acceptors (Lipinski definition) is 2. The van der Waals surface area contributed by atoms with Crippen molar-refractivity contribution in [1.82, 2.24) is 0 Å². The van der Waals surface area contributed by atoms with Gasteiger partial charge in [-0.25, -0.2) is 13.2 Å². The molecule has 0 radical (unpaired) electrons. The molecule has 0 N–H and O–H groups in total. The Morgan fingerprint density at radius 3 is 1.42 bits per heavy atom. The van der Waals surface area contributed by atoms with E-state index in [9.17, 15) is 48.3 Å². The minimum absolute atomic E-state index is 0.373. The molecule has 0 aliphatic rings. The highest BCUT2D eigenvalue weighted by Crippen LogP contribution is 2.48. The Hall–Kier alpha value is -2.21. The van der Waals surface area contributed by atoms with Gasteiger partial charge in [0, 0.05) is 0 Å². The molecule has 2 nitrogen and oxygen atoms in total. The van der Waals surface area contributed by atoms with E-state index in [1.165, 1.54) is 0 Å². The van der Waals surface area contributed by atoms with Gasteiger partial charge in [-0.3, -0.25) is 0 Å². The average Bonchev–Trinajstić information content (AvgIpc) is 2.46. The quantitative estimate of drug-likeness (QED) is 0.320. The van der Waals surface area contributed by atoms with Gasteiger partial charge >= 0.3 is 18.1 Å². The van der Waals surface area contributed by atoms with E-state index in [4.69, 9.17) is 0 Å². The van der Waals surface area contributed by atoms with Crippen molar-refractivity contribution in [3.05, 3.63) is 41.9 Å². The SMILES string of the molecule is C=COC(F)(F)C(F)(Oc1c(F)c(F)c(F)c(F)c1F)C(F)(F)F. The first-order valence-corrected chi connectivity index (χ1v) is 5.34. The molecule has 24 heavy (non-hydrogen) atoms. The molecule has 1 atom stereocenters. The molecule has 0 amide bonds. The van der Waals surface area contributed by atoms with Crippen LogP contribution in [0, 0.1) is 29.1 Å². The molecule has 1 aromatic carbocycles. The van der Waals surface area contributed by atoms with E-state index < -0.39 is 53.0 Å². The number of rotatable bonds is 5. The molecule has 1 rings (SSSR count). The summed E-state index contributed by atoms with van der Waals surface area (Å²) >= 11 is 0. The van der Waals surface area contributed by atoms with Crippen LogP contribution in [0.4, 0.5) is 48.3 Å². The van der Waals surface area contributed by atoms with E-state index in [-0.39, 0.29) is 6.26 Å². The van der Waals surface area contributed by atoms with Crippen LogP contribution in [-0.4, -0.2) is 18.1 Å². The van der Waals surface area contributed by atoms with E-state index in [1.807, 2.05) is 0 Å². The van der Waals surface area contributed by atoms with E-state index in [0.29, 0.717) is 0 Å². The molecule has 0 saturated heterocycles. The van der Waals surface area contributed by atoms with Crippen LogP contribution < -0.4 is 4.74 Å². The zero-order valence-electron chi connectivity index (χ0n) is 10.8. The second-order valence-electron chi connectivity index (χ2n) is 3.90. The van der Waals surface area contributed by atoms with Crippen molar-refractivity contribution in [3.63, 3.8) is 0 Å². The molecule has 0 spiro atoms. The molecule has 1 aromatic rings. The minimum atomic E-state index is -6.72. The van der Waals surface area contributed by atoms with Crippen molar-refractivity contribution in [2.75, 3.05) is 0 Å². The summed E-state index contributed by atoms with van der Waals surface area (Å²) < 4.78 is 148. The first kappa shape index (κ1) is 19.8. The Morgan fingerprint density at radius 1 is 0.708 bits per heavy atom. The molecule has 136 valence electrons. The maximum absolute atomic E-state index is 13.7. The fourth-order valence-electron chi connectivity index (χ4n) is 1.28. The Balaban J connectivity index is 3.62. The average molecular weight is 376 g/mol. The third-order valence-corrected chi connectivity index (χ3v) is 2.38. The number of halogens is 11. The Bertz CT molecular complexity index is 625. The number of benzene rings is 1. The summed E-state index contributed by atoms with van der Waals surface area (Å²) in [5.41, 5.74) is 0. The van der Waals surface area contributed by atoms with Gasteiger partial charge in [0.1, 0.15) is 0 Å². The Morgan fingerprint density at radius 2 is 1.08 bits per heavy atom. The summed E-state index contributed by atoms with van der Waals surface area (Å²) in [6.45, 7) is 2.41. The molecule has 1 unspecified atom stereocenters. The first-order chi connectivity index (χ1) is 10.7. The molecule has 0 heterocycles. The summed E-state index contributed by atoms with van der Waals surface area (Å²) in [5, 5.41) is 0. The fourth-order valence-corrected chi connectivity index (χ4v) is 1.28. The van der Waals surface area contributed by atoms with Gasteiger partial charge in [-0.1, -0.05) is 6.58 Å². The molecule has 0 bridgehead atoms. The summed E-state index contributed by atoms with van der Waals surface area (Å²) in [6.07, 6.45) is -13.1. The molecule has 0 aliphatic heterocycles. The van der Waals surface area contributed by atoms with Crippen LogP contribution in [0.15, 0.2) is 12.8 Å². The van der Waals surface area contributed by atoms with E-state index >= 15 is 0 Å². The van der Waals surface area contributed by atoms with E-state index in [0.717, 1.165) is 0 Å². The lowest BCUT2D eigenvalue weighted by Gasteiger charge is -2.33. The third kappa shape index (κ3) is 2.94. The van der Waals surface area contributed by atoms with Crippen LogP contribution in [-0.2, 0) is 4.74 Å². The van der Waals surface area contributed by atoms with Gasteiger partial charge < -0.3 is 9.47 Å². The largest absolute Gasteiger partial charge is 0.480 e. The molecule has 0 aliphatic carbocycles. The highest BCUT2D eigenvalue weighted by atomic mass is 19.4. The first-order valence-electron chi connectivity index (χ1n) is 5.34. The predicted molar refractivity (Wildman–Crippen MR) is 53.0 cm³/mol. The fraction of sp³-hybridized carbons (Fsp3) is 0.273. The van der Waals surface area contributed by atoms with Crippen molar-refractivity contribution >= 4 is 0 Å². The van der Waals surface area contributed by atoms with Crippen molar-refractivity contribution in [1.29, 1.82) is 0 Å². The van der Waals surface area contributed by atoms with Crippen molar-refractivity contribution in [2.24, 2.45) is 0 Å². The standard InChI is InChI=1S/C11H3F11O2/c1-2-23-11(21,22)9(17,10(18,19)20)24-8-6(15)4(13)3(12)5(14)7(8)16/h2H,1H2. The zero-order chi connectivity index (χ0) is 19.1. The van der Waals surface area contributed by atoms with Gasteiger partial charge in [0.25, 0.3) is 0 Å². The van der Waals surface area contributed by atoms with Gasteiger partial charge in [0.2, 0.25) is 34.8 Å². The van der Waals surface area contributed by atoms with Crippen molar-refractivity contribution in [2.45, 2.75) is 18.1 Å². The predicted octanol–water partition coefficient (Wildman–Crippen LogP) is 4.74. The summed E-state index contributed by atoms with van der Waals surface area (Å²) in [4.78, 5) is 0. The lowest BCUT2D eigenvalue weighted by Crippen LogP contribution is -2.60. The number of hydrogen-bond donors (Lipinski definition) is 0. The van der Waals surface area contributed by atoms with E-state index in [2.05, 4.69) is 16.1 Å². The van der Waals surface area contributed by atoms with Crippen LogP contribution >= 0.6 is 0 Å². The number of alkyl halides is 6. The summed E-state index contributed by atoms with van der Waals surface area (Å²) in [6, 6.07) is 0. The zero-order valence-corrected chi connectivity index (χ0v) is 10.8. The molecule has 0 fully saturated rings. The normalized spacial score (nSPS) is 15.0. The lowest BCUT2D eigenvalue weighted by molar-refractivity contribution is -0.428. The second kappa shape index (κ2) is 6.02.